The number of benzene rings is 1. The van der Waals surface area contributed by atoms with E-state index in [1.807, 2.05) is 12.1 Å². The number of aryl methyl sites for hydroxylation is 1. The maximum absolute atomic E-state index is 6.18. The third kappa shape index (κ3) is 2.20. The Morgan fingerprint density at radius 1 is 1.14 bits per heavy atom. The van der Waals surface area contributed by atoms with Gasteiger partial charge in [0.25, 0.3) is 0 Å². The minimum atomic E-state index is 0.484. The van der Waals surface area contributed by atoms with Gasteiger partial charge in [-0.05, 0) is 30.7 Å². The lowest BCUT2D eigenvalue weighted by molar-refractivity contribution is 1.23. The van der Waals surface area contributed by atoms with Crippen LogP contribution in [0.2, 0.25) is 5.15 Å². The first-order valence-corrected chi connectivity index (χ1v) is 8.58. The summed E-state index contributed by atoms with van der Waals surface area (Å²) in [5, 5.41) is 1.54. The zero-order valence-electron chi connectivity index (χ0n) is 11.5. The predicted molar refractivity (Wildman–Crippen MR) is 95.6 cm³/mol. The average Bonchev–Trinajstić information content (AvgIpc) is 2.88. The molecule has 0 aliphatic heterocycles. The number of thiophene rings is 1. The Bertz CT molecular complexity index is 1010. The predicted octanol–water partition coefficient (Wildman–Crippen LogP) is 5.63. The number of hydrogen-bond acceptors (Lipinski definition) is 4. The van der Waals surface area contributed by atoms with E-state index in [0.29, 0.717) is 5.15 Å². The fourth-order valence-corrected chi connectivity index (χ4v) is 4.09. The monoisotopic (exact) mass is 389 g/mol. The van der Waals surface area contributed by atoms with E-state index in [4.69, 9.17) is 16.6 Å². The number of fused-ring (bicyclic) bond motifs is 3. The lowest BCUT2D eigenvalue weighted by Crippen LogP contribution is -1.87. The van der Waals surface area contributed by atoms with Gasteiger partial charge in [0.05, 0.1) is 15.9 Å². The topological polar surface area (TPSA) is 38.7 Å². The molecule has 4 rings (SSSR count). The van der Waals surface area contributed by atoms with Gasteiger partial charge in [0.1, 0.15) is 16.3 Å². The second-order valence-electron chi connectivity index (χ2n) is 4.96. The number of rotatable bonds is 1. The van der Waals surface area contributed by atoms with E-state index in [1.54, 1.807) is 0 Å². The van der Waals surface area contributed by atoms with Gasteiger partial charge in [0.2, 0.25) is 0 Å². The number of hydrogen-bond donors (Lipinski definition) is 0. The standard InChI is InChI=1S/C16H9BrClN3S/c1-8-6-11(9-2-4-10(17)5-3-9)21-16-12(8)13-14(22-16)15(18)20-7-19-13/h2-7H,1H3. The summed E-state index contributed by atoms with van der Waals surface area (Å²) >= 11 is 11.2. The van der Waals surface area contributed by atoms with Crippen LogP contribution in [0.3, 0.4) is 0 Å². The molecule has 0 saturated carbocycles. The fourth-order valence-electron chi connectivity index (χ4n) is 2.49. The first kappa shape index (κ1) is 14.1. The summed E-state index contributed by atoms with van der Waals surface area (Å²) in [7, 11) is 0. The molecule has 0 spiro atoms. The third-order valence-electron chi connectivity index (χ3n) is 3.52. The summed E-state index contributed by atoms with van der Waals surface area (Å²) in [4.78, 5) is 14.2. The maximum Gasteiger partial charge on any atom is 0.150 e. The molecule has 0 fully saturated rings. The lowest BCUT2D eigenvalue weighted by Gasteiger charge is -2.04. The zero-order chi connectivity index (χ0) is 15.3. The van der Waals surface area contributed by atoms with Crippen LogP contribution in [-0.2, 0) is 0 Å². The Kier molecular flexibility index (Phi) is 3.36. The highest BCUT2D eigenvalue weighted by Gasteiger charge is 2.14. The molecule has 22 heavy (non-hydrogen) atoms. The molecule has 0 amide bonds. The van der Waals surface area contributed by atoms with Gasteiger partial charge in [-0.15, -0.1) is 11.3 Å². The normalized spacial score (nSPS) is 11.4. The molecule has 4 aromatic rings. The molecule has 1 aromatic carbocycles. The highest BCUT2D eigenvalue weighted by Crippen LogP contribution is 2.37. The Hall–Kier alpha value is -1.56. The maximum atomic E-state index is 6.18. The SMILES string of the molecule is Cc1cc(-c2ccc(Br)cc2)nc2sc3c(Cl)ncnc3c12. The molecular weight excluding hydrogens is 382 g/mol. The smallest absolute Gasteiger partial charge is 0.150 e. The van der Waals surface area contributed by atoms with Gasteiger partial charge in [0.15, 0.2) is 0 Å². The first-order chi connectivity index (χ1) is 10.6. The number of halogens is 2. The van der Waals surface area contributed by atoms with Crippen LogP contribution in [0.1, 0.15) is 5.56 Å². The van der Waals surface area contributed by atoms with E-state index in [1.165, 1.54) is 17.7 Å². The summed E-state index contributed by atoms with van der Waals surface area (Å²) in [5.74, 6) is 0. The highest BCUT2D eigenvalue weighted by atomic mass is 79.9. The lowest BCUT2D eigenvalue weighted by atomic mass is 10.1. The zero-order valence-corrected chi connectivity index (χ0v) is 14.6. The van der Waals surface area contributed by atoms with Gasteiger partial charge in [-0.2, -0.15) is 0 Å². The van der Waals surface area contributed by atoms with Crippen LogP contribution in [0.5, 0.6) is 0 Å². The second-order valence-corrected chi connectivity index (χ2v) is 7.23. The van der Waals surface area contributed by atoms with Crippen LogP contribution in [0.4, 0.5) is 0 Å². The van der Waals surface area contributed by atoms with Crippen molar-refractivity contribution in [1.29, 1.82) is 0 Å². The van der Waals surface area contributed by atoms with Crippen molar-refractivity contribution in [3.8, 4) is 11.3 Å². The van der Waals surface area contributed by atoms with Gasteiger partial charge >= 0.3 is 0 Å². The third-order valence-corrected chi connectivity index (χ3v) is 5.53. The van der Waals surface area contributed by atoms with Gasteiger partial charge in [-0.25, -0.2) is 15.0 Å². The van der Waals surface area contributed by atoms with Crippen LogP contribution >= 0.6 is 38.9 Å². The molecule has 0 unspecified atom stereocenters. The first-order valence-electron chi connectivity index (χ1n) is 6.60. The van der Waals surface area contributed by atoms with Crippen molar-refractivity contribution >= 4 is 59.3 Å². The van der Waals surface area contributed by atoms with Crippen molar-refractivity contribution in [2.24, 2.45) is 0 Å². The van der Waals surface area contributed by atoms with Crippen molar-refractivity contribution in [2.45, 2.75) is 6.92 Å². The van der Waals surface area contributed by atoms with Crippen LogP contribution in [0.25, 0.3) is 31.7 Å². The van der Waals surface area contributed by atoms with Crippen LogP contribution < -0.4 is 0 Å². The van der Waals surface area contributed by atoms with Gasteiger partial charge < -0.3 is 0 Å². The van der Waals surface area contributed by atoms with Gasteiger partial charge in [-0.3, -0.25) is 0 Å². The number of pyridine rings is 1. The van der Waals surface area contributed by atoms with E-state index in [2.05, 4.69) is 51.0 Å². The minimum Gasteiger partial charge on any atom is -0.237 e. The summed E-state index contributed by atoms with van der Waals surface area (Å²) in [6, 6.07) is 10.2. The van der Waals surface area contributed by atoms with E-state index in [0.717, 1.165) is 41.7 Å². The molecule has 108 valence electrons. The van der Waals surface area contributed by atoms with Crippen molar-refractivity contribution < 1.29 is 0 Å². The van der Waals surface area contributed by atoms with E-state index >= 15 is 0 Å². The Labute approximate surface area is 144 Å². The average molecular weight is 391 g/mol. The molecular formula is C16H9BrClN3S. The van der Waals surface area contributed by atoms with Crippen LogP contribution in [0.15, 0.2) is 41.1 Å². The summed E-state index contributed by atoms with van der Waals surface area (Å²) in [6.45, 7) is 2.08. The Balaban J connectivity index is 2.02. The second kappa shape index (κ2) is 5.26. The minimum absolute atomic E-state index is 0.484. The summed E-state index contributed by atoms with van der Waals surface area (Å²) < 4.78 is 1.95. The van der Waals surface area contributed by atoms with Crippen LogP contribution in [-0.4, -0.2) is 15.0 Å². The fraction of sp³-hybridized carbons (Fsp3) is 0.0625. The summed E-state index contributed by atoms with van der Waals surface area (Å²) in [5.41, 5.74) is 4.06. The molecule has 0 N–H and O–H groups in total. The molecule has 3 aromatic heterocycles. The van der Waals surface area contributed by atoms with Crippen LogP contribution in [0, 0.1) is 6.92 Å². The molecule has 0 atom stereocenters. The van der Waals surface area contributed by atoms with E-state index in [-0.39, 0.29) is 0 Å². The number of nitrogens with zero attached hydrogens (tertiary/aromatic N) is 3. The molecule has 0 saturated heterocycles. The largest absolute Gasteiger partial charge is 0.237 e. The molecule has 0 aliphatic carbocycles. The highest BCUT2D eigenvalue weighted by molar-refractivity contribution is 9.10. The Morgan fingerprint density at radius 3 is 2.68 bits per heavy atom. The molecule has 6 heteroatoms. The molecule has 3 nitrogen and oxygen atoms in total. The van der Waals surface area contributed by atoms with Gasteiger partial charge in [-0.1, -0.05) is 39.7 Å². The molecule has 0 aliphatic rings. The van der Waals surface area contributed by atoms with Crippen molar-refractivity contribution in [2.75, 3.05) is 0 Å². The molecule has 0 radical (unpaired) electrons. The van der Waals surface area contributed by atoms with E-state index < -0.39 is 0 Å². The van der Waals surface area contributed by atoms with E-state index in [9.17, 15) is 0 Å². The van der Waals surface area contributed by atoms with Crippen molar-refractivity contribution in [3.63, 3.8) is 0 Å². The number of aromatic nitrogens is 3. The van der Waals surface area contributed by atoms with Crippen molar-refractivity contribution in [3.05, 3.63) is 51.8 Å². The quantitative estimate of drug-likeness (QED) is 0.395. The summed E-state index contributed by atoms with van der Waals surface area (Å²) in [6.07, 6.45) is 1.50. The molecule has 0 bridgehead atoms. The Morgan fingerprint density at radius 2 is 1.91 bits per heavy atom. The van der Waals surface area contributed by atoms with Crippen molar-refractivity contribution in [1.82, 2.24) is 15.0 Å². The molecule has 3 heterocycles. The van der Waals surface area contributed by atoms with Gasteiger partial charge in [0, 0.05) is 15.4 Å².